The van der Waals surface area contributed by atoms with Gasteiger partial charge in [0.1, 0.15) is 6.10 Å². The number of carbonyl (C=O) groups excluding carboxylic acids is 3. The molecule has 5 fully saturated rings. The minimum atomic E-state index is -2.07. The van der Waals surface area contributed by atoms with E-state index in [0.29, 0.717) is 29.1 Å². The first-order valence-electron chi connectivity index (χ1n) is 18.4. The number of imide groups is 3. The standard InChI is InChI=1S/C38H61NO5Si/c1-24(2)11-10-12-25(3)28-13-14-29-33-30(44-45(8,9)35(4,5)6)22-26-21-27(43-34(42)39-31(40)15-16-32(39)41)17-18-37(26)23-38(33,37)20-19-36(28,29)7/h22,24-25,27-30,33H,10-21,23H2,1-9H3/t25?,27-,28+,29?,30?,33?,36?,37?,38?/m0/s1. The molecule has 6 nitrogen and oxygen atoms in total. The Kier molecular flexibility index (Phi) is 8.40. The van der Waals surface area contributed by atoms with Gasteiger partial charge in [0.2, 0.25) is 11.8 Å². The Labute approximate surface area is 273 Å². The fraction of sp³-hybridized carbons (Fsp3) is 0.868. The van der Waals surface area contributed by atoms with Crippen molar-refractivity contribution in [2.24, 2.45) is 45.8 Å². The van der Waals surface area contributed by atoms with E-state index < -0.39 is 26.2 Å². The third-order valence-corrected chi connectivity index (χ3v) is 19.1. The molecule has 5 aliphatic carbocycles. The highest BCUT2D eigenvalue weighted by Gasteiger charge is 2.78. The van der Waals surface area contributed by atoms with E-state index >= 15 is 0 Å². The molecule has 0 N–H and O–H groups in total. The highest BCUT2D eigenvalue weighted by atomic mass is 28.4. The van der Waals surface area contributed by atoms with Gasteiger partial charge < -0.3 is 9.16 Å². The van der Waals surface area contributed by atoms with Crippen LogP contribution in [0.1, 0.15) is 132 Å². The summed E-state index contributed by atoms with van der Waals surface area (Å²) < 4.78 is 13.4. The third-order valence-electron chi connectivity index (χ3n) is 14.7. The Balaban J connectivity index is 1.28. The van der Waals surface area contributed by atoms with Crippen molar-refractivity contribution >= 4 is 26.2 Å². The molecule has 0 aromatic rings. The first kappa shape index (κ1) is 33.4. The maximum absolute atomic E-state index is 12.9. The zero-order chi connectivity index (χ0) is 32.7. The van der Waals surface area contributed by atoms with Crippen LogP contribution in [0, 0.1) is 45.8 Å². The second-order valence-electron chi connectivity index (χ2n) is 18.4. The minimum absolute atomic E-state index is 0.0981. The number of carbonyl (C=O) groups is 3. The van der Waals surface area contributed by atoms with E-state index in [-0.39, 0.29) is 35.5 Å². The lowest BCUT2D eigenvalue weighted by atomic mass is 9.50. The summed E-state index contributed by atoms with van der Waals surface area (Å²) in [4.78, 5) is 38.1. The molecule has 7 unspecified atom stereocenters. The van der Waals surface area contributed by atoms with E-state index in [1.807, 2.05) is 0 Å². The molecular weight excluding hydrogens is 579 g/mol. The predicted molar refractivity (Wildman–Crippen MR) is 180 cm³/mol. The lowest BCUT2D eigenvalue weighted by Crippen LogP contribution is -2.55. The number of hydrogen-bond donors (Lipinski definition) is 0. The van der Waals surface area contributed by atoms with Gasteiger partial charge in [0.15, 0.2) is 8.32 Å². The van der Waals surface area contributed by atoms with E-state index in [9.17, 15) is 14.4 Å². The van der Waals surface area contributed by atoms with Gasteiger partial charge in [0.05, 0.1) is 6.10 Å². The van der Waals surface area contributed by atoms with E-state index in [0.717, 1.165) is 35.5 Å². The van der Waals surface area contributed by atoms with Gasteiger partial charge in [-0.1, -0.05) is 79.4 Å². The van der Waals surface area contributed by atoms with E-state index in [2.05, 4.69) is 67.6 Å². The maximum atomic E-state index is 12.9. The van der Waals surface area contributed by atoms with Crippen molar-refractivity contribution in [1.82, 2.24) is 4.90 Å². The SMILES string of the molecule is CC(C)CCCC(C)[C@H]1CCC2C3C(O[Si](C)(C)C(C)(C)C)C=C4C[C@@H](OC(=O)N5C(=O)CCC5=O)CCC45CC35CCC21C. The number of nitrogens with zero attached hydrogens (tertiary/aromatic N) is 1. The summed E-state index contributed by atoms with van der Waals surface area (Å²) in [5.74, 6) is 2.73. The van der Waals surface area contributed by atoms with E-state index in [1.165, 1.54) is 56.9 Å². The van der Waals surface area contributed by atoms with Crippen LogP contribution in [0.3, 0.4) is 0 Å². The molecule has 1 saturated heterocycles. The molecule has 3 amide bonds. The molecule has 1 aliphatic heterocycles. The molecule has 6 rings (SSSR count). The largest absolute Gasteiger partial charge is 0.445 e. The molecule has 0 aromatic carbocycles. The normalized spacial score (nSPS) is 40.0. The van der Waals surface area contributed by atoms with Crippen LogP contribution >= 0.6 is 0 Å². The van der Waals surface area contributed by atoms with Crippen molar-refractivity contribution in [1.29, 1.82) is 0 Å². The number of amides is 3. The molecule has 2 spiro atoms. The average molecular weight is 640 g/mol. The Morgan fingerprint density at radius 2 is 1.71 bits per heavy atom. The Morgan fingerprint density at radius 1 is 1.02 bits per heavy atom. The Morgan fingerprint density at radius 3 is 2.36 bits per heavy atom. The first-order chi connectivity index (χ1) is 21.0. The van der Waals surface area contributed by atoms with Gasteiger partial charge in [-0.3, -0.25) is 9.59 Å². The van der Waals surface area contributed by atoms with Crippen molar-refractivity contribution in [3.8, 4) is 0 Å². The minimum Gasteiger partial charge on any atom is -0.445 e. The highest BCUT2D eigenvalue weighted by molar-refractivity contribution is 6.74. The van der Waals surface area contributed by atoms with Gasteiger partial charge in [-0.05, 0) is 109 Å². The molecule has 45 heavy (non-hydrogen) atoms. The maximum Gasteiger partial charge on any atom is 0.423 e. The highest BCUT2D eigenvalue weighted by Crippen LogP contribution is 2.84. The number of ether oxygens (including phenoxy) is 1. The lowest BCUT2D eigenvalue weighted by molar-refractivity contribution is -0.136. The predicted octanol–water partition coefficient (Wildman–Crippen LogP) is 9.44. The average Bonchev–Trinajstić information content (AvgIpc) is 3.26. The molecule has 4 saturated carbocycles. The lowest BCUT2D eigenvalue weighted by Gasteiger charge is -2.57. The summed E-state index contributed by atoms with van der Waals surface area (Å²) >= 11 is 0. The van der Waals surface area contributed by atoms with Gasteiger partial charge in [-0.2, -0.15) is 4.90 Å². The van der Waals surface area contributed by atoms with Crippen molar-refractivity contribution in [3.05, 3.63) is 11.6 Å². The monoisotopic (exact) mass is 639 g/mol. The fourth-order valence-electron chi connectivity index (χ4n) is 11.2. The summed E-state index contributed by atoms with van der Waals surface area (Å²) in [6.45, 7) is 21.8. The van der Waals surface area contributed by atoms with Gasteiger partial charge in [-0.25, -0.2) is 4.79 Å². The second kappa shape index (κ2) is 11.3. The summed E-state index contributed by atoms with van der Waals surface area (Å²) in [6.07, 6.45) is 14.9. The van der Waals surface area contributed by atoms with E-state index in [4.69, 9.17) is 9.16 Å². The molecule has 7 heteroatoms. The quantitative estimate of drug-likeness (QED) is 0.150. The summed E-state index contributed by atoms with van der Waals surface area (Å²) in [5.41, 5.74) is 2.31. The number of fused-ring (bicyclic) bond motifs is 2. The molecule has 0 bridgehead atoms. The zero-order valence-electron chi connectivity index (χ0n) is 29.8. The second-order valence-corrected chi connectivity index (χ2v) is 23.2. The van der Waals surface area contributed by atoms with Crippen molar-refractivity contribution < 1.29 is 23.5 Å². The van der Waals surface area contributed by atoms with Gasteiger partial charge in [-0.15, -0.1) is 0 Å². The molecule has 1 heterocycles. The molecule has 0 aromatic heterocycles. The van der Waals surface area contributed by atoms with Crippen LogP contribution < -0.4 is 0 Å². The van der Waals surface area contributed by atoms with Crippen LogP contribution in [0.2, 0.25) is 18.1 Å². The molecule has 6 aliphatic rings. The number of rotatable bonds is 8. The Bertz CT molecular complexity index is 1230. The van der Waals surface area contributed by atoms with Crippen LogP contribution in [0.5, 0.6) is 0 Å². The summed E-state index contributed by atoms with van der Waals surface area (Å²) in [5, 5.41) is 0.122. The van der Waals surface area contributed by atoms with Crippen molar-refractivity contribution in [2.75, 3.05) is 0 Å². The zero-order valence-corrected chi connectivity index (χ0v) is 30.8. The molecular formula is C38H61NO5Si. The van der Waals surface area contributed by atoms with Crippen molar-refractivity contribution in [3.63, 3.8) is 0 Å². The first-order valence-corrected chi connectivity index (χ1v) is 21.3. The number of hydrogen-bond acceptors (Lipinski definition) is 5. The van der Waals surface area contributed by atoms with Crippen LogP contribution in [0.25, 0.3) is 0 Å². The van der Waals surface area contributed by atoms with E-state index in [1.54, 1.807) is 0 Å². The Hall–Kier alpha value is -1.47. The van der Waals surface area contributed by atoms with Crippen LogP contribution in [0.15, 0.2) is 11.6 Å². The molecule has 252 valence electrons. The molecule has 0 radical (unpaired) electrons. The smallest absolute Gasteiger partial charge is 0.423 e. The van der Waals surface area contributed by atoms with Gasteiger partial charge >= 0.3 is 6.09 Å². The van der Waals surface area contributed by atoms with Crippen LogP contribution in [-0.2, 0) is 18.8 Å². The third kappa shape index (κ3) is 5.33. The topological polar surface area (TPSA) is 72.9 Å². The van der Waals surface area contributed by atoms with Crippen LogP contribution in [-0.4, -0.2) is 43.3 Å². The number of likely N-dealkylation sites (tertiary alicyclic amines) is 1. The summed E-state index contributed by atoms with van der Waals surface area (Å²) in [7, 11) is -2.07. The fourth-order valence-corrected chi connectivity index (χ4v) is 12.4. The molecule has 9 atom stereocenters. The summed E-state index contributed by atoms with van der Waals surface area (Å²) in [6, 6.07) is 0. The van der Waals surface area contributed by atoms with Gasteiger partial charge in [0, 0.05) is 19.3 Å². The van der Waals surface area contributed by atoms with Gasteiger partial charge in [0.25, 0.3) is 0 Å². The van der Waals surface area contributed by atoms with Crippen LogP contribution in [0.4, 0.5) is 4.79 Å². The van der Waals surface area contributed by atoms with Crippen molar-refractivity contribution in [2.45, 2.75) is 162 Å².